The minimum absolute atomic E-state index is 0.255. The van der Waals surface area contributed by atoms with E-state index in [1.807, 2.05) is 18.2 Å². The summed E-state index contributed by atoms with van der Waals surface area (Å²) in [5.41, 5.74) is 0.782. The van der Waals surface area contributed by atoms with Gasteiger partial charge in [0.2, 0.25) is 0 Å². The Bertz CT molecular complexity index is 1050. The van der Waals surface area contributed by atoms with Crippen LogP contribution in [-0.4, -0.2) is 22.2 Å². The normalized spacial score (nSPS) is 11.4. The van der Waals surface area contributed by atoms with E-state index in [0.717, 1.165) is 11.6 Å². The molecule has 2 aromatic carbocycles. The van der Waals surface area contributed by atoms with E-state index in [0.29, 0.717) is 35.0 Å². The molecule has 0 spiro atoms. The maximum Gasteiger partial charge on any atom is 0.435 e. The lowest BCUT2D eigenvalue weighted by atomic mass is 10.1. The van der Waals surface area contributed by atoms with Crippen LogP contribution in [0.25, 0.3) is 0 Å². The number of halogens is 4. The Morgan fingerprint density at radius 1 is 1.16 bits per heavy atom. The number of carbonyl (C=O) groups is 1. The SMILES string of the molecule is Cc1cc(C(F)(F)F)nn1CCCNC(=O)c1cccc(COc2ccccc2Cl)c1. The van der Waals surface area contributed by atoms with Crippen molar-refractivity contribution in [2.75, 3.05) is 6.54 Å². The van der Waals surface area contributed by atoms with Gasteiger partial charge in [-0.15, -0.1) is 0 Å². The van der Waals surface area contributed by atoms with E-state index >= 15 is 0 Å². The van der Waals surface area contributed by atoms with Crippen molar-refractivity contribution in [2.45, 2.75) is 32.7 Å². The minimum Gasteiger partial charge on any atom is -0.487 e. The number of aryl methyl sites for hydroxylation is 2. The van der Waals surface area contributed by atoms with Gasteiger partial charge in [0.1, 0.15) is 12.4 Å². The van der Waals surface area contributed by atoms with Crippen LogP contribution < -0.4 is 10.1 Å². The van der Waals surface area contributed by atoms with Gasteiger partial charge in [-0.2, -0.15) is 18.3 Å². The standard InChI is InChI=1S/C22H21ClF3N3O2/c1-15-12-20(22(24,25)26)28-29(15)11-5-10-27-21(30)17-7-4-6-16(13-17)14-31-19-9-3-2-8-18(19)23/h2-4,6-9,12-13H,5,10-11,14H2,1H3,(H,27,30). The van der Waals surface area contributed by atoms with Crippen molar-refractivity contribution in [3.8, 4) is 5.75 Å². The third-order valence-electron chi connectivity index (χ3n) is 4.52. The first-order valence-corrected chi connectivity index (χ1v) is 9.98. The molecule has 0 saturated heterocycles. The topological polar surface area (TPSA) is 56.2 Å². The average molecular weight is 452 g/mol. The van der Waals surface area contributed by atoms with Crippen LogP contribution in [0.4, 0.5) is 13.2 Å². The van der Waals surface area contributed by atoms with Crippen LogP contribution in [-0.2, 0) is 19.3 Å². The van der Waals surface area contributed by atoms with Crippen LogP contribution in [0.1, 0.15) is 33.7 Å². The van der Waals surface area contributed by atoms with Gasteiger partial charge in [0, 0.05) is 24.3 Å². The zero-order chi connectivity index (χ0) is 22.4. The van der Waals surface area contributed by atoms with E-state index in [9.17, 15) is 18.0 Å². The molecule has 0 atom stereocenters. The Labute approximate surface area is 182 Å². The highest BCUT2D eigenvalue weighted by Crippen LogP contribution is 2.28. The van der Waals surface area contributed by atoms with Gasteiger partial charge in [0.25, 0.3) is 5.91 Å². The number of ether oxygens (including phenoxy) is 1. The third kappa shape index (κ3) is 6.24. The van der Waals surface area contributed by atoms with Crippen molar-refractivity contribution >= 4 is 17.5 Å². The van der Waals surface area contributed by atoms with E-state index in [1.54, 1.807) is 37.3 Å². The summed E-state index contributed by atoms with van der Waals surface area (Å²) in [6.45, 7) is 2.40. The lowest BCUT2D eigenvalue weighted by molar-refractivity contribution is -0.141. The molecule has 1 N–H and O–H groups in total. The van der Waals surface area contributed by atoms with Crippen molar-refractivity contribution in [3.05, 3.63) is 82.1 Å². The predicted octanol–water partition coefficient (Wildman–Crippen LogP) is 5.26. The second-order valence-electron chi connectivity index (χ2n) is 6.92. The number of nitrogens with zero attached hydrogens (tertiary/aromatic N) is 2. The Morgan fingerprint density at radius 2 is 1.94 bits per heavy atom. The van der Waals surface area contributed by atoms with Gasteiger partial charge in [0.15, 0.2) is 5.69 Å². The average Bonchev–Trinajstić information content (AvgIpc) is 3.12. The molecule has 31 heavy (non-hydrogen) atoms. The zero-order valence-corrected chi connectivity index (χ0v) is 17.5. The Morgan fingerprint density at radius 3 is 2.65 bits per heavy atom. The van der Waals surface area contributed by atoms with Gasteiger partial charge in [-0.05, 0) is 49.2 Å². The van der Waals surface area contributed by atoms with Crippen LogP contribution in [0.3, 0.4) is 0 Å². The first-order chi connectivity index (χ1) is 14.7. The van der Waals surface area contributed by atoms with Crippen LogP contribution in [0, 0.1) is 6.92 Å². The van der Waals surface area contributed by atoms with E-state index in [1.165, 1.54) is 4.68 Å². The summed E-state index contributed by atoms with van der Waals surface area (Å²) >= 11 is 6.07. The summed E-state index contributed by atoms with van der Waals surface area (Å²) in [6.07, 6.45) is -4.02. The van der Waals surface area contributed by atoms with Crippen molar-refractivity contribution < 1.29 is 22.7 Å². The maximum absolute atomic E-state index is 12.7. The summed E-state index contributed by atoms with van der Waals surface area (Å²) in [5, 5.41) is 6.85. The van der Waals surface area contributed by atoms with E-state index in [2.05, 4.69) is 10.4 Å². The number of amides is 1. The highest BCUT2D eigenvalue weighted by Gasteiger charge is 2.34. The Hall–Kier alpha value is -3.00. The number of rotatable bonds is 8. The van der Waals surface area contributed by atoms with Crippen LogP contribution in [0.15, 0.2) is 54.6 Å². The maximum atomic E-state index is 12.7. The molecular weight excluding hydrogens is 431 g/mol. The first-order valence-electron chi connectivity index (χ1n) is 9.60. The molecule has 3 aromatic rings. The lowest BCUT2D eigenvalue weighted by Crippen LogP contribution is -2.25. The van der Waals surface area contributed by atoms with Crippen molar-refractivity contribution in [3.63, 3.8) is 0 Å². The number of hydrogen-bond donors (Lipinski definition) is 1. The lowest BCUT2D eigenvalue weighted by Gasteiger charge is -2.10. The van der Waals surface area contributed by atoms with Gasteiger partial charge in [-0.25, -0.2) is 0 Å². The number of benzene rings is 2. The summed E-state index contributed by atoms with van der Waals surface area (Å²) in [5.74, 6) is 0.286. The van der Waals surface area contributed by atoms with Crippen LogP contribution in [0.2, 0.25) is 5.02 Å². The van der Waals surface area contributed by atoms with Gasteiger partial charge in [0.05, 0.1) is 5.02 Å². The van der Waals surface area contributed by atoms with E-state index in [-0.39, 0.29) is 19.1 Å². The van der Waals surface area contributed by atoms with Gasteiger partial charge in [-0.3, -0.25) is 9.48 Å². The molecule has 1 amide bonds. The molecule has 0 aliphatic heterocycles. The molecule has 0 bridgehead atoms. The minimum atomic E-state index is -4.47. The zero-order valence-electron chi connectivity index (χ0n) is 16.7. The fourth-order valence-electron chi connectivity index (χ4n) is 2.93. The fraction of sp³-hybridized carbons (Fsp3) is 0.273. The highest BCUT2D eigenvalue weighted by molar-refractivity contribution is 6.32. The number of carbonyl (C=O) groups excluding carboxylic acids is 1. The molecular formula is C22H21ClF3N3O2. The summed E-state index contributed by atoms with van der Waals surface area (Å²) in [6, 6.07) is 15.1. The first kappa shape index (κ1) is 22.7. The molecule has 3 rings (SSSR count). The molecule has 5 nitrogen and oxygen atoms in total. The predicted molar refractivity (Wildman–Crippen MR) is 111 cm³/mol. The molecule has 164 valence electrons. The highest BCUT2D eigenvalue weighted by atomic mass is 35.5. The van der Waals surface area contributed by atoms with Gasteiger partial charge >= 0.3 is 6.18 Å². The molecule has 0 unspecified atom stereocenters. The summed E-state index contributed by atoms with van der Waals surface area (Å²) in [7, 11) is 0. The second-order valence-corrected chi connectivity index (χ2v) is 7.33. The molecule has 9 heteroatoms. The van der Waals surface area contributed by atoms with Crippen molar-refractivity contribution in [2.24, 2.45) is 0 Å². The monoisotopic (exact) mass is 451 g/mol. The number of alkyl halides is 3. The molecule has 1 heterocycles. The Kier molecular flexibility index (Phi) is 7.22. The molecule has 0 saturated carbocycles. The fourth-order valence-corrected chi connectivity index (χ4v) is 3.12. The second kappa shape index (κ2) is 9.87. The smallest absolute Gasteiger partial charge is 0.435 e. The van der Waals surface area contributed by atoms with Crippen LogP contribution >= 0.6 is 11.6 Å². The Balaban J connectivity index is 1.49. The molecule has 1 aromatic heterocycles. The molecule has 0 aliphatic rings. The quantitative estimate of drug-likeness (QED) is 0.475. The molecule has 0 radical (unpaired) electrons. The number of para-hydroxylation sites is 1. The number of nitrogens with one attached hydrogen (secondary N) is 1. The van der Waals surface area contributed by atoms with E-state index < -0.39 is 11.9 Å². The summed E-state index contributed by atoms with van der Waals surface area (Å²) < 4.78 is 45.1. The largest absolute Gasteiger partial charge is 0.487 e. The molecule has 0 fully saturated rings. The van der Waals surface area contributed by atoms with Gasteiger partial charge < -0.3 is 10.1 Å². The van der Waals surface area contributed by atoms with E-state index in [4.69, 9.17) is 16.3 Å². The molecule has 0 aliphatic carbocycles. The van der Waals surface area contributed by atoms with Crippen molar-refractivity contribution in [1.82, 2.24) is 15.1 Å². The number of hydrogen-bond acceptors (Lipinski definition) is 3. The van der Waals surface area contributed by atoms with Crippen LogP contribution in [0.5, 0.6) is 5.75 Å². The van der Waals surface area contributed by atoms with Crippen molar-refractivity contribution in [1.29, 1.82) is 0 Å². The third-order valence-corrected chi connectivity index (χ3v) is 4.84. The summed E-state index contributed by atoms with van der Waals surface area (Å²) in [4.78, 5) is 12.4. The number of aromatic nitrogens is 2. The van der Waals surface area contributed by atoms with Gasteiger partial charge in [-0.1, -0.05) is 35.9 Å².